The summed E-state index contributed by atoms with van der Waals surface area (Å²) >= 11 is 0. The molecule has 0 aliphatic heterocycles. The molecule has 4 nitrogen and oxygen atoms in total. The Morgan fingerprint density at radius 2 is 2.38 bits per heavy atom. The molecule has 1 aromatic heterocycles. The highest BCUT2D eigenvalue weighted by Gasteiger charge is 2.14. The smallest absolute Gasteiger partial charge is 0.312 e. The number of hydrogen-bond donors (Lipinski definition) is 1. The topological polar surface area (TPSA) is 74.0 Å². The summed E-state index contributed by atoms with van der Waals surface area (Å²) in [5, 5.41) is 17.2. The zero-order chi connectivity index (χ0) is 9.84. The number of carboxylic acids is 1. The highest BCUT2D eigenvalue weighted by Crippen LogP contribution is 2.12. The molecule has 66 valence electrons. The van der Waals surface area contributed by atoms with Crippen molar-refractivity contribution in [3.05, 3.63) is 29.6 Å². The number of nitrogens with zero attached hydrogens (tertiary/aromatic N) is 2. The summed E-state index contributed by atoms with van der Waals surface area (Å²) in [7, 11) is 0. The molecule has 1 unspecified atom stereocenters. The molecular weight excluding hydrogens is 168 g/mol. The summed E-state index contributed by atoms with van der Waals surface area (Å²) in [4.78, 5) is 14.4. The molecule has 1 rings (SSSR count). The molecule has 0 aliphatic rings. The van der Waals surface area contributed by atoms with Crippen molar-refractivity contribution in [2.75, 3.05) is 0 Å². The molecule has 0 amide bonds. The lowest BCUT2D eigenvalue weighted by Crippen LogP contribution is -2.09. The van der Waals surface area contributed by atoms with Crippen LogP contribution in [0.15, 0.2) is 18.2 Å². The van der Waals surface area contributed by atoms with Crippen molar-refractivity contribution in [2.24, 2.45) is 0 Å². The van der Waals surface area contributed by atoms with E-state index >= 15 is 0 Å². The van der Waals surface area contributed by atoms with Crippen LogP contribution in [0, 0.1) is 11.3 Å². The molecule has 0 saturated heterocycles. The van der Waals surface area contributed by atoms with E-state index in [0.717, 1.165) is 0 Å². The Balaban J connectivity index is 3.03. The lowest BCUT2D eigenvalue weighted by Gasteiger charge is -2.04. The third-order valence-electron chi connectivity index (χ3n) is 1.70. The van der Waals surface area contributed by atoms with E-state index in [1.807, 2.05) is 6.07 Å². The minimum Gasteiger partial charge on any atom is -0.481 e. The summed E-state index contributed by atoms with van der Waals surface area (Å²) in [6.45, 7) is 1.53. The second kappa shape index (κ2) is 3.68. The van der Waals surface area contributed by atoms with Gasteiger partial charge in [0.25, 0.3) is 0 Å². The van der Waals surface area contributed by atoms with Crippen molar-refractivity contribution in [1.29, 1.82) is 5.26 Å². The maximum Gasteiger partial charge on any atom is 0.312 e. The fourth-order valence-corrected chi connectivity index (χ4v) is 0.881. The molecule has 0 aliphatic carbocycles. The molecule has 13 heavy (non-hydrogen) atoms. The first-order valence-electron chi connectivity index (χ1n) is 3.75. The van der Waals surface area contributed by atoms with Gasteiger partial charge in [0.2, 0.25) is 0 Å². The Kier molecular flexibility index (Phi) is 2.60. The average Bonchev–Trinajstić information content (AvgIpc) is 2.16. The highest BCUT2D eigenvalue weighted by atomic mass is 16.4. The van der Waals surface area contributed by atoms with Gasteiger partial charge in [-0.15, -0.1) is 0 Å². The summed E-state index contributed by atoms with van der Waals surface area (Å²) in [6, 6.07) is 6.62. The van der Waals surface area contributed by atoms with Gasteiger partial charge in [0, 0.05) is 0 Å². The Morgan fingerprint density at radius 3 is 2.92 bits per heavy atom. The van der Waals surface area contributed by atoms with Crippen LogP contribution in [0.2, 0.25) is 0 Å². The molecule has 4 heteroatoms. The number of hydrogen-bond acceptors (Lipinski definition) is 3. The molecule has 1 N–H and O–H groups in total. The van der Waals surface area contributed by atoms with Gasteiger partial charge < -0.3 is 5.11 Å². The van der Waals surface area contributed by atoms with E-state index in [9.17, 15) is 4.79 Å². The first-order chi connectivity index (χ1) is 6.15. The monoisotopic (exact) mass is 176 g/mol. The summed E-state index contributed by atoms with van der Waals surface area (Å²) in [5.41, 5.74) is 0.650. The highest BCUT2D eigenvalue weighted by molar-refractivity contribution is 5.74. The number of pyridine rings is 1. The summed E-state index contributed by atoms with van der Waals surface area (Å²) < 4.78 is 0. The van der Waals surface area contributed by atoms with Crippen LogP contribution in [0.3, 0.4) is 0 Å². The number of carboxylic acid groups (broad SMARTS) is 1. The van der Waals surface area contributed by atoms with Crippen LogP contribution in [-0.2, 0) is 4.79 Å². The lowest BCUT2D eigenvalue weighted by molar-refractivity contribution is -0.138. The molecule has 0 fully saturated rings. The molecule has 0 spiro atoms. The van der Waals surface area contributed by atoms with E-state index in [1.54, 1.807) is 12.1 Å². The Morgan fingerprint density at radius 1 is 1.69 bits per heavy atom. The summed E-state index contributed by atoms with van der Waals surface area (Å²) in [5.74, 6) is -1.61. The van der Waals surface area contributed by atoms with Crippen LogP contribution < -0.4 is 0 Å². The van der Waals surface area contributed by atoms with Crippen molar-refractivity contribution >= 4 is 5.97 Å². The van der Waals surface area contributed by atoms with Crippen LogP contribution in [-0.4, -0.2) is 16.1 Å². The van der Waals surface area contributed by atoms with Gasteiger partial charge in [0.05, 0.1) is 11.6 Å². The van der Waals surface area contributed by atoms with Crippen molar-refractivity contribution in [2.45, 2.75) is 12.8 Å². The molecule has 0 radical (unpaired) electrons. The lowest BCUT2D eigenvalue weighted by atomic mass is 10.1. The van der Waals surface area contributed by atoms with Gasteiger partial charge >= 0.3 is 5.97 Å². The van der Waals surface area contributed by atoms with Crippen molar-refractivity contribution in [3.8, 4) is 6.07 Å². The SMILES string of the molecule is CC(C(=O)O)c1cccc(C#N)n1. The largest absolute Gasteiger partial charge is 0.481 e. The maximum absolute atomic E-state index is 10.6. The van der Waals surface area contributed by atoms with E-state index < -0.39 is 11.9 Å². The molecule has 0 aromatic carbocycles. The van der Waals surface area contributed by atoms with Crippen LogP contribution in [0.5, 0.6) is 0 Å². The predicted octanol–water partition coefficient (Wildman–Crippen LogP) is 1.14. The first-order valence-corrected chi connectivity index (χ1v) is 3.75. The molecule has 1 atom stereocenters. The van der Waals surface area contributed by atoms with Crippen LogP contribution in [0.1, 0.15) is 24.2 Å². The predicted molar refractivity (Wildman–Crippen MR) is 45.0 cm³/mol. The minimum absolute atomic E-state index is 0.241. The molecular formula is C9H8N2O2. The second-order valence-corrected chi connectivity index (χ2v) is 2.62. The maximum atomic E-state index is 10.6. The van der Waals surface area contributed by atoms with Gasteiger partial charge in [-0.2, -0.15) is 5.26 Å². The van der Waals surface area contributed by atoms with E-state index in [1.165, 1.54) is 13.0 Å². The van der Waals surface area contributed by atoms with Gasteiger partial charge in [-0.1, -0.05) is 6.07 Å². The number of rotatable bonds is 2. The quantitative estimate of drug-likeness (QED) is 0.733. The number of aromatic nitrogens is 1. The average molecular weight is 176 g/mol. The Bertz CT molecular complexity index is 368. The fourth-order valence-electron chi connectivity index (χ4n) is 0.881. The third kappa shape index (κ3) is 2.03. The number of nitriles is 1. The summed E-state index contributed by atoms with van der Waals surface area (Å²) in [6.07, 6.45) is 0. The molecule has 0 saturated carbocycles. The normalized spacial score (nSPS) is 11.7. The van der Waals surface area contributed by atoms with Gasteiger partial charge in [-0.05, 0) is 19.1 Å². The third-order valence-corrected chi connectivity index (χ3v) is 1.70. The van der Waals surface area contributed by atoms with Gasteiger partial charge in [0.15, 0.2) is 0 Å². The van der Waals surface area contributed by atoms with Crippen LogP contribution in [0.25, 0.3) is 0 Å². The Hall–Kier alpha value is -1.89. The number of aliphatic carboxylic acids is 1. The molecule has 1 heterocycles. The second-order valence-electron chi connectivity index (χ2n) is 2.62. The molecule has 1 aromatic rings. The zero-order valence-electron chi connectivity index (χ0n) is 7.06. The van der Waals surface area contributed by atoms with Crippen LogP contribution >= 0.6 is 0 Å². The van der Waals surface area contributed by atoms with Crippen molar-refractivity contribution < 1.29 is 9.90 Å². The Labute approximate surface area is 75.5 Å². The molecule has 0 bridgehead atoms. The van der Waals surface area contributed by atoms with E-state index in [0.29, 0.717) is 5.69 Å². The van der Waals surface area contributed by atoms with E-state index in [-0.39, 0.29) is 5.69 Å². The van der Waals surface area contributed by atoms with E-state index in [2.05, 4.69) is 4.98 Å². The van der Waals surface area contributed by atoms with Crippen molar-refractivity contribution in [3.63, 3.8) is 0 Å². The van der Waals surface area contributed by atoms with E-state index in [4.69, 9.17) is 10.4 Å². The van der Waals surface area contributed by atoms with Gasteiger partial charge in [0.1, 0.15) is 11.8 Å². The van der Waals surface area contributed by atoms with Crippen molar-refractivity contribution in [1.82, 2.24) is 4.98 Å². The zero-order valence-corrected chi connectivity index (χ0v) is 7.06. The van der Waals surface area contributed by atoms with Crippen LogP contribution in [0.4, 0.5) is 0 Å². The van der Waals surface area contributed by atoms with Gasteiger partial charge in [-0.25, -0.2) is 4.98 Å². The number of carbonyl (C=O) groups is 1. The fraction of sp³-hybridized carbons (Fsp3) is 0.222. The minimum atomic E-state index is -0.942. The van der Waals surface area contributed by atoms with Gasteiger partial charge in [-0.3, -0.25) is 4.79 Å². The standard InChI is InChI=1S/C9H8N2O2/c1-6(9(12)13)8-4-2-3-7(5-10)11-8/h2-4,6H,1H3,(H,12,13). The first kappa shape index (κ1) is 9.20.